The van der Waals surface area contributed by atoms with Crippen LogP contribution in [0.3, 0.4) is 0 Å². The lowest BCUT2D eigenvalue weighted by Gasteiger charge is -2.16. The molecular weight excluding hydrogens is 200 g/mol. The van der Waals surface area contributed by atoms with Gasteiger partial charge in [-0.2, -0.15) is 0 Å². The summed E-state index contributed by atoms with van der Waals surface area (Å²) in [6.45, 7) is 3.57. The fourth-order valence-corrected chi connectivity index (χ4v) is 1.70. The molecule has 3 nitrogen and oxygen atoms in total. The third-order valence-corrected chi connectivity index (χ3v) is 2.61. The first kappa shape index (κ1) is 9.24. The van der Waals surface area contributed by atoms with Crippen molar-refractivity contribution < 1.29 is 4.79 Å². The SMILES string of the molecule is C=C[C@@]1(N)C(=O)Nc2cc(Cl)ccc21. The topological polar surface area (TPSA) is 55.1 Å². The summed E-state index contributed by atoms with van der Waals surface area (Å²) in [6, 6.07) is 5.11. The minimum Gasteiger partial charge on any atom is -0.323 e. The van der Waals surface area contributed by atoms with Gasteiger partial charge in [-0.15, -0.1) is 6.58 Å². The van der Waals surface area contributed by atoms with Crippen molar-refractivity contribution >= 4 is 23.2 Å². The Morgan fingerprint density at radius 1 is 1.57 bits per heavy atom. The average molecular weight is 209 g/mol. The van der Waals surface area contributed by atoms with Gasteiger partial charge in [-0.3, -0.25) is 4.79 Å². The van der Waals surface area contributed by atoms with Gasteiger partial charge in [-0.05, 0) is 12.1 Å². The molecule has 0 saturated carbocycles. The predicted octanol–water partition coefficient (Wildman–Crippen LogP) is 1.63. The molecule has 0 spiro atoms. The van der Waals surface area contributed by atoms with E-state index in [1.165, 1.54) is 6.08 Å². The molecule has 0 aromatic heterocycles. The molecule has 0 saturated heterocycles. The fraction of sp³-hybridized carbons (Fsp3) is 0.100. The molecule has 3 N–H and O–H groups in total. The van der Waals surface area contributed by atoms with Crippen LogP contribution in [0.15, 0.2) is 30.9 Å². The summed E-state index contributed by atoms with van der Waals surface area (Å²) in [7, 11) is 0. The van der Waals surface area contributed by atoms with Crippen molar-refractivity contribution in [2.24, 2.45) is 5.73 Å². The van der Waals surface area contributed by atoms with E-state index in [0.29, 0.717) is 16.3 Å². The number of hydrogen-bond donors (Lipinski definition) is 2. The Kier molecular flexibility index (Phi) is 1.87. The second kappa shape index (κ2) is 2.83. The summed E-state index contributed by atoms with van der Waals surface area (Å²) in [5.74, 6) is -0.273. The van der Waals surface area contributed by atoms with E-state index in [0.717, 1.165) is 0 Å². The van der Waals surface area contributed by atoms with Crippen molar-refractivity contribution in [3.05, 3.63) is 41.4 Å². The predicted molar refractivity (Wildman–Crippen MR) is 56.1 cm³/mol. The third kappa shape index (κ3) is 1.06. The highest BCUT2D eigenvalue weighted by molar-refractivity contribution is 6.31. The minimum atomic E-state index is -1.13. The van der Waals surface area contributed by atoms with Gasteiger partial charge in [-0.25, -0.2) is 0 Å². The summed E-state index contributed by atoms with van der Waals surface area (Å²) in [5.41, 5.74) is 6.13. The number of halogens is 1. The summed E-state index contributed by atoms with van der Waals surface area (Å²) in [5, 5.41) is 3.23. The molecule has 1 aromatic rings. The van der Waals surface area contributed by atoms with Crippen LogP contribution in [0.2, 0.25) is 5.02 Å². The molecule has 1 aromatic carbocycles. The van der Waals surface area contributed by atoms with Crippen molar-refractivity contribution in [2.45, 2.75) is 5.54 Å². The summed E-state index contributed by atoms with van der Waals surface area (Å²) >= 11 is 5.79. The number of rotatable bonds is 1. The van der Waals surface area contributed by atoms with E-state index >= 15 is 0 Å². The lowest BCUT2D eigenvalue weighted by Crippen LogP contribution is -2.41. The molecule has 0 radical (unpaired) electrons. The van der Waals surface area contributed by atoms with Crippen LogP contribution in [0.4, 0.5) is 5.69 Å². The highest BCUT2D eigenvalue weighted by Crippen LogP contribution is 2.36. The first-order valence-corrected chi connectivity index (χ1v) is 4.49. The first-order chi connectivity index (χ1) is 6.58. The number of carbonyl (C=O) groups excluding carboxylic acids is 1. The molecule has 1 atom stereocenters. The molecule has 0 aliphatic carbocycles. The van der Waals surface area contributed by atoms with Gasteiger partial charge in [0, 0.05) is 16.3 Å². The average Bonchev–Trinajstić information content (AvgIpc) is 2.39. The molecule has 4 heteroatoms. The van der Waals surface area contributed by atoms with Crippen LogP contribution in [0.1, 0.15) is 5.56 Å². The number of carbonyl (C=O) groups is 1. The molecule has 14 heavy (non-hydrogen) atoms. The highest BCUT2D eigenvalue weighted by atomic mass is 35.5. The fourth-order valence-electron chi connectivity index (χ4n) is 1.53. The van der Waals surface area contributed by atoms with E-state index < -0.39 is 5.54 Å². The lowest BCUT2D eigenvalue weighted by molar-refractivity contribution is -0.119. The van der Waals surface area contributed by atoms with Gasteiger partial charge in [0.2, 0.25) is 0 Å². The van der Waals surface area contributed by atoms with Gasteiger partial charge in [0.25, 0.3) is 5.91 Å². The number of hydrogen-bond acceptors (Lipinski definition) is 2. The zero-order chi connectivity index (χ0) is 10.3. The maximum absolute atomic E-state index is 11.5. The zero-order valence-corrected chi connectivity index (χ0v) is 8.14. The maximum Gasteiger partial charge on any atom is 0.253 e. The lowest BCUT2D eigenvalue weighted by atomic mass is 9.93. The van der Waals surface area contributed by atoms with Gasteiger partial charge in [-0.1, -0.05) is 23.7 Å². The van der Waals surface area contributed by atoms with Gasteiger partial charge in [0.05, 0.1) is 0 Å². The van der Waals surface area contributed by atoms with E-state index in [1.807, 2.05) is 0 Å². The van der Waals surface area contributed by atoms with Crippen LogP contribution in [0, 0.1) is 0 Å². The van der Waals surface area contributed by atoms with Crippen LogP contribution < -0.4 is 11.1 Å². The van der Waals surface area contributed by atoms with Crippen LogP contribution in [0.25, 0.3) is 0 Å². The Balaban J connectivity index is 2.64. The molecule has 2 rings (SSSR count). The Labute approximate surface area is 86.6 Å². The molecule has 1 heterocycles. The summed E-state index contributed by atoms with van der Waals surface area (Å²) < 4.78 is 0. The summed E-state index contributed by atoms with van der Waals surface area (Å²) in [4.78, 5) is 11.5. The second-order valence-electron chi connectivity index (χ2n) is 3.22. The number of benzene rings is 1. The van der Waals surface area contributed by atoms with Crippen molar-refractivity contribution in [1.29, 1.82) is 0 Å². The minimum absolute atomic E-state index is 0.273. The molecule has 1 aliphatic rings. The largest absolute Gasteiger partial charge is 0.323 e. The molecule has 1 aliphatic heterocycles. The van der Waals surface area contributed by atoms with Crippen molar-refractivity contribution in [2.75, 3.05) is 5.32 Å². The van der Waals surface area contributed by atoms with Crippen molar-refractivity contribution in [3.63, 3.8) is 0 Å². The number of amides is 1. The number of anilines is 1. The van der Waals surface area contributed by atoms with Gasteiger partial charge in [0.1, 0.15) is 5.54 Å². The molecular formula is C10H9ClN2O. The Morgan fingerprint density at radius 2 is 2.29 bits per heavy atom. The Bertz CT molecular complexity index is 430. The highest BCUT2D eigenvalue weighted by Gasteiger charge is 2.40. The standard InChI is InChI=1S/C10H9ClN2O/c1-2-10(12)7-4-3-6(11)5-8(7)13-9(10)14/h2-5H,1,12H2,(H,13,14)/t10-/m0/s1. The van der Waals surface area contributed by atoms with Crippen molar-refractivity contribution in [1.82, 2.24) is 0 Å². The Hall–Kier alpha value is -1.32. The Morgan fingerprint density at radius 3 is 2.93 bits per heavy atom. The molecule has 72 valence electrons. The normalized spacial score (nSPS) is 24.3. The van der Waals surface area contributed by atoms with Crippen LogP contribution >= 0.6 is 11.6 Å². The van der Waals surface area contributed by atoms with Gasteiger partial charge in [0.15, 0.2) is 0 Å². The molecule has 0 bridgehead atoms. The number of nitrogens with one attached hydrogen (secondary N) is 1. The second-order valence-corrected chi connectivity index (χ2v) is 3.65. The van der Waals surface area contributed by atoms with Gasteiger partial charge < -0.3 is 11.1 Å². The van der Waals surface area contributed by atoms with E-state index in [1.54, 1.807) is 18.2 Å². The monoisotopic (exact) mass is 208 g/mol. The molecule has 1 amide bonds. The van der Waals surface area contributed by atoms with Crippen LogP contribution in [-0.4, -0.2) is 5.91 Å². The van der Waals surface area contributed by atoms with Crippen molar-refractivity contribution in [3.8, 4) is 0 Å². The zero-order valence-electron chi connectivity index (χ0n) is 7.38. The first-order valence-electron chi connectivity index (χ1n) is 4.12. The van der Waals surface area contributed by atoms with E-state index in [9.17, 15) is 4.79 Å². The van der Waals surface area contributed by atoms with E-state index in [2.05, 4.69) is 11.9 Å². The number of fused-ring (bicyclic) bond motifs is 1. The quantitative estimate of drug-likeness (QED) is 0.690. The number of nitrogens with two attached hydrogens (primary N) is 1. The van der Waals surface area contributed by atoms with Gasteiger partial charge >= 0.3 is 0 Å². The van der Waals surface area contributed by atoms with E-state index in [-0.39, 0.29) is 5.91 Å². The van der Waals surface area contributed by atoms with Crippen LogP contribution in [0.5, 0.6) is 0 Å². The van der Waals surface area contributed by atoms with Crippen LogP contribution in [-0.2, 0) is 10.3 Å². The third-order valence-electron chi connectivity index (χ3n) is 2.37. The summed E-state index contributed by atoms with van der Waals surface area (Å²) in [6.07, 6.45) is 1.43. The molecule has 0 unspecified atom stereocenters. The van der Waals surface area contributed by atoms with E-state index in [4.69, 9.17) is 17.3 Å². The smallest absolute Gasteiger partial charge is 0.253 e. The maximum atomic E-state index is 11.5. The molecule has 0 fully saturated rings.